The molecule has 0 radical (unpaired) electrons. The van der Waals surface area contributed by atoms with Gasteiger partial charge in [0, 0.05) is 32.2 Å². The predicted octanol–water partition coefficient (Wildman–Crippen LogP) is 0.328. The number of likely N-dealkylation sites (N-methyl/N-ethyl adjacent to an activating group) is 1. The molecule has 0 bridgehead atoms. The van der Waals surface area contributed by atoms with Crippen LogP contribution in [0.2, 0.25) is 0 Å². The molecule has 1 spiro atoms. The van der Waals surface area contributed by atoms with Crippen LogP contribution >= 0.6 is 0 Å². The van der Waals surface area contributed by atoms with E-state index in [2.05, 4.69) is 28.8 Å². The number of nitrogens with zero attached hydrogens (tertiary/aromatic N) is 3. The molecule has 3 heteroatoms. The average Bonchev–Trinajstić information content (AvgIpc) is 2.70. The van der Waals surface area contributed by atoms with Crippen molar-refractivity contribution in [1.82, 2.24) is 14.7 Å². The molecule has 3 rings (SSSR count). The summed E-state index contributed by atoms with van der Waals surface area (Å²) in [7, 11) is 4.50. The van der Waals surface area contributed by atoms with Gasteiger partial charge in [-0.1, -0.05) is 0 Å². The lowest BCUT2D eigenvalue weighted by molar-refractivity contribution is 0.0610. The second kappa shape index (κ2) is 3.44. The summed E-state index contributed by atoms with van der Waals surface area (Å²) in [5.74, 6) is 0. The van der Waals surface area contributed by atoms with Crippen LogP contribution in [0, 0.1) is 5.41 Å². The van der Waals surface area contributed by atoms with E-state index in [0.29, 0.717) is 5.41 Å². The van der Waals surface area contributed by atoms with Crippen LogP contribution in [0.25, 0.3) is 0 Å². The third-order valence-corrected chi connectivity index (χ3v) is 4.66. The zero-order chi connectivity index (χ0) is 10.5. The van der Waals surface area contributed by atoms with Gasteiger partial charge in [0.05, 0.1) is 0 Å². The van der Waals surface area contributed by atoms with Gasteiger partial charge in [-0.2, -0.15) is 0 Å². The molecule has 1 atom stereocenters. The van der Waals surface area contributed by atoms with Gasteiger partial charge >= 0.3 is 0 Å². The molecule has 86 valence electrons. The Hall–Kier alpha value is -0.120. The highest BCUT2D eigenvalue weighted by Gasteiger charge is 2.45. The monoisotopic (exact) mass is 209 g/mol. The average molecular weight is 209 g/mol. The smallest absolute Gasteiger partial charge is 0.0350 e. The molecule has 0 aromatic rings. The van der Waals surface area contributed by atoms with Gasteiger partial charge < -0.3 is 9.80 Å². The van der Waals surface area contributed by atoms with E-state index >= 15 is 0 Å². The minimum atomic E-state index is 0.670. The van der Waals surface area contributed by atoms with Crippen molar-refractivity contribution in [3.8, 4) is 0 Å². The van der Waals surface area contributed by atoms with Crippen LogP contribution < -0.4 is 0 Å². The van der Waals surface area contributed by atoms with Crippen molar-refractivity contribution in [1.29, 1.82) is 0 Å². The van der Waals surface area contributed by atoms with Gasteiger partial charge in [0.15, 0.2) is 0 Å². The molecular weight excluding hydrogens is 186 g/mol. The van der Waals surface area contributed by atoms with E-state index in [1.54, 1.807) is 0 Å². The SMILES string of the molecule is CN1CC(N2CCC3(CCN(C)C3)C2)C1. The van der Waals surface area contributed by atoms with Gasteiger partial charge in [0.1, 0.15) is 0 Å². The summed E-state index contributed by atoms with van der Waals surface area (Å²) in [5.41, 5.74) is 0.670. The second-order valence-electron chi connectivity index (χ2n) is 6.08. The Bertz CT molecular complexity index is 249. The molecule has 3 nitrogen and oxygen atoms in total. The fraction of sp³-hybridized carbons (Fsp3) is 1.00. The summed E-state index contributed by atoms with van der Waals surface area (Å²) >= 11 is 0. The molecule has 3 fully saturated rings. The molecule has 15 heavy (non-hydrogen) atoms. The van der Waals surface area contributed by atoms with Gasteiger partial charge in [-0.15, -0.1) is 0 Å². The minimum absolute atomic E-state index is 0.670. The van der Waals surface area contributed by atoms with Crippen molar-refractivity contribution >= 4 is 0 Å². The summed E-state index contributed by atoms with van der Waals surface area (Å²) in [6.45, 7) is 7.98. The Kier molecular flexibility index (Phi) is 2.31. The lowest BCUT2D eigenvalue weighted by Gasteiger charge is -2.42. The number of rotatable bonds is 1. The molecule has 0 amide bonds. The fourth-order valence-electron chi connectivity index (χ4n) is 3.67. The van der Waals surface area contributed by atoms with E-state index < -0.39 is 0 Å². The van der Waals surface area contributed by atoms with Crippen LogP contribution in [-0.4, -0.2) is 74.1 Å². The normalized spacial score (nSPS) is 40.4. The lowest BCUT2D eigenvalue weighted by atomic mass is 9.86. The molecule has 0 N–H and O–H groups in total. The van der Waals surface area contributed by atoms with Crippen LogP contribution in [0.15, 0.2) is 0 Å². The molecule has 3 aliphatic heterocycles. The first-order valence-corrected chi connectivity index (χ1v) is 6.28. The van der Waals surface area contributed by atoms with Gasteiger partial charge in [0.2, 0.25) is 0 Å². The van der Waals surface area contributed by atoms with Gasteiger partial charge in [0.25, 0.3) is 0 Å². The molecule has 0 aliphatic carbocycles. The minimum Gasteiger partial charge on any atom is -0.306 e. The number of hydrogen-bond acceptors (Lipinski definition) is 3. The molecule has 0 aromatic heterocycles. The summed E-state index contributed by atoms with van der Waals surface area (Å²) in [6.07, 6.45) is 2.88. The quantitative estimate of drug-likeness (QED) is 0.616. The first kappa shape index (κ1) is 10.1. The number of hydrogen-bond donors (Lipinski definition) is 0. The van der Waals surface area contributed by atoms with Crippen molar-refractivity contribution in [3.05, 3.63) is 0 Å². The van der Waals surface area contributed by atoms with Gasteiger partial charge in [-0.25, -0.2) is 0 Å². The first-order chi connectivity index (χ1) is 7.17. The summed E-state index contributed by atoms with van der Waals surface area (Å²) in [5, 5.41) is 0. The Labute approximate surface area is 93.0 Å². The summed E-state index contributed by atoms with van der Waals surface area (Å²) in [4.78, 5) is 7.69. The van der Waals surface area contributed by atoms with Crippen LogP contribution in [-0.2, 0) is 0 Å². The standard InChI is InChI=1S/C12H23N3/c1-13-5-3-12(9-13)4-6-15(10-12)11-7-14(2)8-11/h11H,3-10H2,1-2H3. The fourth-order valence-corrected chi connectivity index (χ4v) is 3.67. The first-order valence-electron chi connectivity index (χ1n) is 6.28. The maximum absolute atomic E-state index is 2.75. The van der Waals surface area contributed by atoms with Crippen molar-refractivity contribution in [2.75, 3.05) is 53.4 Å². The lowest BCUT2D eigenvalue weighted by Crippen LogP contribution is -2.57. The third-order valence-electron chi connectivity index (χ3n) is 4.66. The zero-order valence-corrected chi connectivity index (χ0v) is 10.1. The van der Waals surface area contributed by atoms with E-state index in [-0.39, 0.29) is 0 Å². The van der Waals surface area contributed by atoms with E-state index in [1.165, 1.54) is 52.1 Å². The van der Waals surface area contributed by atoms with Crippen molar-refractivity contribution in [3.63, 3.8) is 0 Å². The maximum atomic E-state index is 2.75. The third kappa shape index (κ3) is 1.71. The topological polar surface area (TPSA) is 9.72 Å². The Morgan fingerprint density at radius 3 is 2.27 bits per heavy atom. The van der Waals surface area contributed by atoms with Crippen molar-refractivity contribution in [2.24, 2.45) is 5.41 Å². The Balaban J connectivity index is 1.59. The van der Waals surface area contributed by atoms with Gasteiger partial charge in [-0.05, 0) is 45.4 Å². The molecule has 3 aliphatic rings. The Morgan fingerprint density at radius 1 is 0.933 bits per heavy atom. The van der Waals surface area contributed by atoms with Gasteiger partial charge in [-0.3, -0.25) is 4.90 Å². The zero-order valence-electron chi connectivity index (χ0n) is 10.1. The summed E-state index contributed by atoms with van der Waals surface area (Å²) < 4.78 is 0. The van der Waals surface area contributed by atoms with Crippen molar-refractivity contribution < 1.29 is 0 Å². The van der Waals surface area contributed by atoms with Crippen LogP contribution in [0.4, 0.5) is 0 Å². The van der Waals surface area contributed by atoms with E-state index in [0.717, 1.165) is 6.04 Å². The predicted molar refractivity (Wildman–Crippen MR) is 62.0 cm³/mol. The molecular formula is C12H23N3. The van der Waals surface area contributed by atoms with E-state index in [1.807, 2.05) is 0 Å². The van der Waals surface area contributed by atoms with Crippen LogP contribution in [0.3, 0.4) is 0 Å². The molecule has 1 unspecified atom stereocenters. The Morgan fingerprint density at radius 2 is 1.67 bits per heavy atom. The van der Waals surface area contributed by atoms with E-state index in [4.69, 9.17) is 0 Å². The second-order valence-corrected chi connectivity index (χ2v) is 6.08. The van der Waals surface area contributed by atoms with E-state index in [9.17, 15) is 0 Å². The highest BCUT2D eigenvalue weighted by molar-refractivity contribution is 5.00. The highest BCUT2D eigenvalue weighted by Crippen LogP contribution is 2.40. The van der Waals surface area contributed by atoms with Crippen LogP contribution in [0.1, 0.15) is 12.8 Å². The molecule has 3 saturated heterocycles. The number of likely N-dealkylation sites (tertiary alicyclic amines) is 3. The molecule has 0 saturated carbocycles. The highest BCUT2D eigenvalue weighted by atomic mass is 15.3. The maximum Gasteiger partial charge on any atom is 0.0350 e. The molecule has 3 heterocycles. The largest absolute Gasteiger partial charge is 0.306 e. The van der Waals surface area contributed by atoms with Crippen molar-refractivity contribution in [2.45, 2.75) is 18.9 Å². The molecule has 0 aromatic carbocycles. The summed E-state index contributed by atoms with van der Waals surface area (Å²) in [6, 6.07) is 0.875. The van der Waals surface area contributed by atoms with Crippen LogP contribution in [0.5, 0.6) is 0 Å².